The van der Waals surface area contributed by atoms with E-state index in [2.05, 4.69) is 10.0 Å². The number of sulfonamides is 1. The molecule has 1 heterocycles. The highest BCUT2D eigenvalue weighted by atomic mass is 35.5. The fraction of sp³-hybridized carbons (Fsp3) is 0.133. The van der Waals surface area contributed by atoms with Crippen LogP contribution in [-0.2, 0) is 14.8 Å². The summed E-state index contributed by atoms with van der Waals surface area (Å²) in [6.07, 6.45) is -0.650. The summed E-state index contributed by atoms with van der Waals surface area (Å²) < 4.78 is 32.9. The van der Waals surface area contributed by atoms with Gasteiger partial charge in [0.05, 0.1) is 31.3 Å². The zero-order chi connectivity index (χ0) is 18.4. The normalized spacial score (nSPS) is 16.6. The number of anilines is 2. The van der Waals surface area contributed by atoms with Crippen LogP contribution in [0.15, 0.2) is 35.2 Å². The number of halogens is 3. The van der Waals surface area contributed by atoms with Gasteiger partial charge in [-0.05, 0) is 37.3 Å². The minimum absolute atomic E-state index is 0.0770. The highest BCUT2D eigenvalue weighted by Crippen LogP contribution is 2.35. The summed E-state index contributed by atoms with van der Waals surface area (Å²) in [5, 5.41) is 3.05. The van der Waals surface area contributed by atoms with E-state index >= 15 is 0 Å². The molecule has 1 aliphatic rings. The largest absolute Gasteiger partial charge is 0.479 e. The molecule has 0 spiro atoms. The Hall–Kier alpha value is -1.67. The van der Waals surface area contributed by atoms with Crippen LogP contribution < -0.4 is 14.8 Å². The van der Waals surface area contributed by atoms with Gasteiger partial charge in [0.15, 0.2) is 6.10 Å². The third-order valence-electron chi connectivity index (χ3n) is 3.45. The van der Waals surface area contributed by atoms with Crippen molar-refractivity contribution in [1.82, 2.24) is 0 Å². The summed E-state index contributed by atoms with van der Waals surface area (Å²) >= 11 is 17.7. The van der Waals surface area contributed by atoms with Crippen molar-refractivity contribution < 1.29 is 17.9 Å². The zero-order valence-corrected chi connectivity index (χ0v) is 15.7. The average molecular weight is 422 g/mol. The van der Waals surface area contributed by atoms with Gasteiger partial charge in [0.1, 0.15) is 5.75 Å². The van der Waals surface area contributed by atoms with Gasteiger partial charge in [0.2, 0.25) is 0 Å². The Balaban J connectivity index is 1.95. The van der Waals surface area contributed by atoms with E-state index in [0.29, 0.717) is 5.75 Å². The maximum Gasteiger partial charge on any atom is 0.265 e. The molecule has 0 saturated heterocycles. The number of carbonyl (C=O) groups excluding carboxylic acids is 1. The fourth-order valence-corrected chi connectivity index (χ4v) is 3.91. The van der Waals surface area contributed by atoms with E-state index in [4.69, 9.17) is 39.5 Å². The SMILES string of the molecule is CC1Oc2ccc(S(=O)(=O)Nc3cc(Cl)c(Cl)cc3Cl)cc2NC1=O. The van der Waals surface area contributed by atoms with Gasteiger partial charge in [-0.2, -0.15) is 0 Å². The number of nitrogens with one attached hydrogen (secondary N) is 2. The number of fused-ring (bicyclic) bond motifs is 1. The molecule has 1 atom stereocenters. The number of hydrogen-bond donors (Lipinski definition) is 2. The molecule has 0 aliphatic carbocycles. The summed E-state index contributed by atoms with van der Waals surface area (Å²) in [5.74, 6) is 0.0288. The van der Waals surface area contributed by atoms with Crippen LogP contribution in [-0.4, -0.2) is 20.4 Å². The van der Waals surface area contributed by atoms with E-state index in [1.165, 1.54) is 30.3 Å². The lowest BCUT2D eigenvalue weighted by Gasteiger charge is -2.23. The third kappa shape index (κ3) is 3.64. The van der Waals surface area contributed by atoms with Gasteiger partial charge in [-0.25, -0.2) is 8.42 Å². The molecule has 1 unspecified atom stereocenters. The van der Waals surface area contributed by atoms with Crippen LogP contribution in [0.1, 0.15) is 6.92 Å². The highest BCUT2D eigenvalue weighted by Gasteiger charge is 2.26. The van der Waals surface area contributed by atoms with Gasteiger partial charge in [-0.3, -0.25) is 9.52 Å². The number of hydrogen-bond acceptors (Lipinski definition) is 4. The highest BCUT2D eigenvalue weighted by molar-refractivity contribution is 7.92. The van der Waals surface area contributed by atoms with Gasteiger partial charge in [-0.1, -0.05) is 34.8 Å². The van der Waals surface area contributed by atoms with E-state index in [0.717, 1.165) is 0 Å². The van der Waals surface area contributed by atoms with E-state index in [-0.39, 0.29) is 37.2 Å². The van der Waals surface area contributed by atoms with Crippen LogP contribution in [0, 0.1) is 0 Å². The van der Waals surface area contributed by atoms with Crippen molar-refractivity contribution in [2.75, 3.05) is 10.0 Å². The smallest absolute Gasteiger partial charge is 0.265 e. The van der Waals surface area contributed by atoms with Crippen molar-refractivity contribution in [3.8, 4) is 5.75 Å². The van der Waals surface area contributed by atoms with Gasteiger partial charge in [0, 0.05) is 0 Å². The molecule has 2 N–H and O–H groups in total. The Morgan fingerprint density at radius 2 is 1.76 bits per heavy atom. The van der Waals surface area contributed by atoms with Crippen molar-refractivity contribution in [2.45, 2.75) is 17.9 Å². The molecule has 3 rings (SSSR count). The van der Waals surface area contributed by atoms with Crippen molar-refractivity contribution in [1.29, 1.82) is 0 Å². The zero-order valence-electron chi connectivity index (χ0n) is 12.6. The topological polar surface area (TPSA) is 84.5 Å². The number of amides is 1. The van der Waals surface area contributed by atoms with Gasteiger partial charge in [0.25, 0.3) is 15.9 Å². The molecule has 132 valence electrons. The molecule has 2 aromatic rings. The maximum absolute atomic E-state index is 12.6. The first-order chi connectivity index (χ1) is 11.7. The second-order valence-electron chi connectivity index (χ2n) is 5.26. The molecule has 0 saturated carbocycles. The van der Waals surface area contributed by atoms with Crippen molar-refractivity contribution >= 4 is 62.1 Å². The first kappa shape index (κ1) is 18.1. The van der Waals surface area contributed by atoms with Crippen molar-refractivity contribution in [3.05, 3.63) is 45.4 Å². The summed E-state index contributed by atoms with van der Waals surface area (Å²) in [4.78, 5) is 11.6. The molecule has 2 aromatic carbocycles. The molecule has 1 aliphatic heterocycles. The van der Waals surface area contributed by atoms with Crippen LogP contribution in [0.25, 0.3) is 0 Å². The molecule has 0 radical (unpaired) electrons. The van der Waals surface area contributed by atoms with Gasteiger partial charge < -0.3 is 10.1 Å². The molecule has 6 nitrogen and oxygen atoms in total. The number of rotatable bonds is 3. The van der Waals surface area contributed by atoms with E-state index in [9.17, 15) is 13.2 Å². The first-order valence-electron chi connectivity index (χ1n) is 6.96. The second kappa shape index (κ2) is 6.57. The second-order valence-corrected chi connectivity index (χ2v) is 8.16. The minimum Gasteiger partial charge on any atom is -0.479 e. The number of benzene rings is 2. The minimum atomic E-state index is -3.97. The lowest BCUT2D eigenvalue weighted by atomic mass is 10.2. The molecule has 0 bridgehead atoms. The molecule has 10 heteroatoms. The van der Waals surface area contributed by atoms with Crippen molar-refractivity contribution in [2.24, 2.45) is 0 Å². The number of ether oxygens (including phenoxy) is 1. The van der Waals surface area contributed by atoms with Crippen molar-refractivity contribution in [3.63, 3.8) is 0 Å². The van der Waals surface area contributed by atoms with Crippen LogP contribution in [0.4, 0.5) is 11.4 Å². The Labute approximate surface area is 159 Å². The molecule has 0 aromatic heterocycles. The monoisotopic (exact) mass is 420 g/mol. The average Bonchev–Trinajstić information content (AvgIpc) is 2.53. The Bertz CT molecular complexity index is 979. The van der Waals surface area contributed by atoms with Crippen LogP contribution in [0.2, 0.25) is 15.1 Å². The summed E-state index contributed by atoms with van der Waals surface area (Å²) in [6.45, 7) is 1.59. The van der Waals surface area contributed by atoms with E-state index in [1.54, 1.807) is 6.92 Å². The lowest BCUT2D eigenvalue weighted by molar-refractivity contribution is -0.122. The van der Waals surface area contributed by atoms with E-state index < -0.39 is 16.1 Å². The quantitative estimate of drug-likeness (QED) is 0.729. The Morgan fingerprint density at radius 3 is 2.48 bits per heavy atom. The van der Waals surface area contributed by atoms with Gasteiger partial charge in [-0.15, -0.1) is 0 Å². The lowest BCUT2D eigenvalue weighted by Crippen LogP contribution is -2.34. The van der Waals surface area contributed by atoms with Gasteiger partial charge >= 0.3 is 0 Å². The molecule has 1 amide bonds. The van der Waals surface area contributed by atoms with Crippen LogP contribution in [0.5, 0.6) is 5.75 Å². The standard InChI is InChI=1S/C15H11Cl3N2O4S/c1-7-15(21)19-13-4-8(2-3-14(13)24-7)25(22,23)20-12-6-10(17)9(16)5-11(12)18/h2-7,20H,1H3,(H,19,21). The number of carbonyl (C=O) groups is 1. The maximum atomic E-state index is 12.6. The summed E-state index contributed by atoms with van der Waals surface area (Å²) in [5.41, 5.74) is 0.355. The Morgan fingerprint density at radius 1 is 1.08 bits per heavy atom. The Kier molecular flexibility index (Phi) is 4.76. The predicted molar refractivity (Wildman–Crippen MR) is 97.4 cm³/mol. The predicted octanol–water partition coefficient (Wildman–Crippen LogP) is 4.17. The molecule has 0 fully saturated rings. The van der Waals surface area contributed by atoms with Crippen LogP contribution >= 0.6 is 34.8 Å². The third-order valence-corrected chi connectivity index (χ3v) is 5.84. The molecular formula is C15H11Cl3N2O4S. The fourth-order valence-electron chi connectivity index (χ4n) is 2.16. The summed E-state index contributed by atoms with van der Waals surface area (Å²) in [7, 11) is -3.97. The summed E-state index contributed by atoms with van der Waals surface area (Å²) in [6, 6.07) is 6.78. The molecule has 25 heavy (non-hydrogen) atoms. The molecular weight excluding hydrogens is 411 g/mol. The van der Waals surface area contributed by atoms with E-state index in [1.807, 2.05) is 0 Å². The first-order valence-corrected chi connectivity index (χ1v) is 9.58. The van der Waals surface area contributed by atoms with Crippen LogP contribution in [0.3, 0.4) is 0 Å².